The summed E-state index contributed by atoms with van der Waals surface area (Å²) in [6, 6.07) is -0.191. The molecule has 17 heavy (non-hydrogen) atoms. The Balaban J connectivity index is 2.33. The summed E-state index contributed by atoms with van der Waals surface area (Å²) >= 11 is 0. The van der Waals surface area contributed by atoms with Gasteiger partial charge >= 0.3 is 16.4 Å². The van der Waals surface area contributed by atoms with E-state index >= 15 is 0 Å². The smallest absolute Gasteiger partial charge is 0.301 e. The molecule has 1 N–H and O–H groups in total. The number of carbonyl (C=O) groups excluding carboxylic acids is 1. The summed E-state index contributed by atoms with van der Waals surface area (Å²) in [6.07, 6.45) is 1.55. The summed E-state index contributed by atoms with van der Waals surface area (Å²) in [6.45, 7) is 1.82. The lowest BCUT2D eigenvalue weighted by molar-refractivity contribution is -0.0211. The molecule has 0 unspecified atom stereocenters. The highest BCUT2D eigenvalue weighted by Gasteiger charge is 2.47. The number of hydroxylamine groups is 2. The van der Waals surface area contributed by atoms with Crippen LogP contribution in [0.4, 0.5) is 4.79 Å². The van der Waals surface area contributed by atoms with E-state index in [1.165, 1.54) is 4.90 Å². The second-order valence-corrected chi connectivity index (χ2v) is 4.77. The van der Waals surface area contributed by atoms with Crippen molar-refractivity contribution in [3.63, 3.8) is 0 Å². The van der Waals surface area contributed by atoms with Gasteiger partial charge in [-0.3, -0.25) is 4.55 Å². The Kier molecular flexibility index (Phi) is 2.57. The second kappa shape index (κ2) is 3.69. The summed E-state index contributed by atoms with van der Waals surface area (Å²) in [4.78, 5) is 12.9. The molecular formula is C8H9N3O5S. The molecular weight excluding hydrogens is 250 g/mol. The van der Waals surface area contributed by atoms with Gasteiger partial charge in [0.25, 0.3) is 0 Å². The summed E-state index contributed by atoms with van der Waals surface area (Å²) in [5.74, 6) is 0. The third-order valence-electron chi connectivity index (χ3n) is 2.68. The van der Waals surface area contributed by atoms with E-state index in [9.17, 15) is 13.2 Å². The highest BCUT2D eigenvalue weighted by molar-refractivity contribution is 7.80. The van der Waals surface area contributed by atoms with E-state index in [0.717, 1.165) is 0 Å². The van der Waals surface area contributed by atoms with Crippen LogP contribution in [0.15, 0.2) is 11.6 Å². The van der Waals surface area contributed by atoms with Crippen LogP contribution in [0.3, 0.4) is 0 Å². The number of amides is 2. The fourth-order valence-corrected chi connectivity index (χ4v) is 2.27. The van der Waals surface area contributed by atoms with Gasteiger partial charge in [-0.25, -0.2) is 4.79 Å². The fourth-order valence-electron chi connectivity index (χ4n) is 1.90. The van der Waals surface area contributed by atoms with E-state index in [4.69, 9.17) is 9.81 Å². The van der Waals surface area contributed by atoms with E-state index in [-0.39, 0.29) is 6.54 Å². The zero-order valence-corrected chi connectivity index (χ0v) is 9.59. The molecule has 2 bridgehead atoms. The van der Waals surface area contributed by atoms with Crippen molar-refractivity contribution < 1.29 is 22.0 Å². The summed E-state index contributed by atoms with van der Waals surface area (Å²) in [7, 11) is -4.76. The van der Waals surface area contributed by atoms with Crippen LogP contribution in [0, 0.1) is 11.3 Å². The van der Waals surface area contributed by atoms with Crippen LogP contribution in [0.25, 0.3) is 0 Å². The largest absolute Gasteiger partial charge is 0.418 e. The highest BCUT2D eigenvalue weighted by Crippen LogP contribution is 2.30. The van der Waals surface area contributed by atoms with Gasteiger partial charge in [0.15, 0.2) is 0 Å². The Bertz CT molecular complexity index is 534. The van der Waals surface area contributed by atoms with Gasteiger partial charge in [-0.05, 0) is 18.6 Å². The van der Waals surface area contributed by atoms with E-state index in [1.807, 2.05) is 6.07 Å². The van der Waals surface area contributed by atoms with Gasteiger partial charge < -0.3 is 4.90 Å². The minimum absolute atomic E-state index is 0.162. The molecule has 0 spiro atoms. The molecule has 2 heterocycles. The average molecular weight is 259 g/mol. The number of hydrogen-bond acceptors (Lipinski definition) is 5. The molecule has 0 aliphatic carbocycles. The third kappa shape index (κ3) is 1.97. The number of hydrogen-bond donors (Lipinski definition) is 1. The van der Waals surface area contributed by atoms with Gasteiger partial charge in [0, 0.05) is 0 Å². The molecule has 0 aromatic rings. The lowest BCUT2D eigenvalue weighted by Gasteiger charge is -2.23. The van der Waals surface area contributed by atoms with Crippen LogP contribution in [0.2, 0.25) is 0 Å². The van der Waals surface area contributed by atoms with Crippen molar-refractivity contribution in [2.75, 3.05) is 6.54 Å². The Hall–Kier alpha value is -1.63. The van der Waals surface area contributed by atoms with Gasteiger partial charge in [0.2, 0.25) is 0 Å². The molecule has 9 heteroatoms. The Labute approximate surface area is 97.6 Å². The van der Waals surface area contributed by atoms with Crippen molar-refractivity contribution in [1.29, 1.82) is 5.26 Å². The van der Waals surface area contributed by atoms with E-state index in [1.54, 1.807) is 13.0 Å². The molecule has 2 rings (SSSR count). The number of rotatable bonds is 2. The monoisotopic (exact) mass is 259 g/mol. The Morgan fingerprint density at radius 1 is 1.65 bits per heavy atom. The number of nitriles is 1. The molecule has 0 radical (unpaired) electrons. The number of carbonyl (C=O) groups is 1. The molecule has 2 atom stereocenters. The molecule has 2 amide bonds. The summed E-state index contributed by atoms with van der Waals surface area (Å²) in [5.41, 5.74) is 0.641. The zero-order chi connectivity index (χ0) is 12.8. The van der Waals surface area contributed by atoms with Gasteiger partial charge in [-0.15, -0.1) is 4.28 Å². The van der Waals surface area contributed by atoms with Crippen LogP contribution in [-0.4, -0.2) is 47.6 Å². The first-order valence-electron chi connectivity index (χ1n) is 4.68. The molecule has 92 valence electrons. The van der Waals surface area contributed by atoms with Crippen molar-refractivity contribution in [3.8, 4) is 6.07 Å². The van der Waals surface area contributed by atoms with E-state index in [2.05, 4.69) is 4.28 Å². The van der Waals surface area contributed by atoms with Crippen molar-refractivity contribution in [1.82, 2.24) is 9.96 Å². The minimum atomic E-state index is -4.76. The van der Waals surface area contributed by atoms with Crippen LogP contribution in [-0.2, 0) is 14.7 Å². The van der Waals surface area contributed by atoms with Crippen LogP contribution >= 0.6 is 0 Å². The molecule has 8 nitrogen and oxygen atoms in total. The second-order valence-electron chi connectivity index (χ2n) is 3.76. The molecule has 2 aliphatic rings. The maximum atomic E-state index is 11.7. The molecule has 0 aromatic carbocycles. The van der Waals surface area contributed by atoms with Crippen molar-refractivity contribution in [3.05, 3.63) is 11.6 Å². The van der Waals surface area contributed by atoms with Crippen LogP contribution < -0.4 is 0 Å². The highest BCUT2D eigenvalue weighted by atomic mass is 32.3. The number of urea groups is 1. The van der Waals surface area contributed by atoms with Gasteiger partial charge in [-0.1, -0.05) is 0 Å². The molecule has 2 aliphatic heterocycles. The lowest BCUT2D eigenvalue weighted by atomic mass is 10.0. The average Bonchev–Trinajstić information content (AvgIpc) is 2.48. The van der Waals surface area contributed by atoms with Crippen LogP contribution in [0.5, 0.6) is 0 Å². The van der Waals surface area contributed by atoms with Gasteiger partial charge in [-0.2, -0.15) is 18.7 Å². The van der Waals surface area contributed by atoms with Crippen molar-refractivity contribution >= 4 is 16.4 Å². The number of fused-ring (bicyclic) bond motifs is 2. The zero-order valence-electron chi connectivity index (χ0n) is 8.77. The predicted octanol–water partition coefficient (Wildman–Crippen LogP) is -0.321. The maximum Gasteiger partial charge on any atom is 0.418 e. The predicted molar refractivity (Wildman–Crippen MR) is 53.5 cm³/mol. The maximum absolute atomic E-state index is 11.7. The summed E-state index contributed by atoms with van der Waals surface area (Å²) < 4.78 is 34.0. The van der Waals surface area contributed by atoms with Crippen LogP contribution in [0.1, 0.15) is 6.92 Å². The Morgan fingerprint density at radius 3 is 2.82 bits per heavy atom. The normalized spacial score (nSPS) is 28.1. The van der Waals surface area contributed by atoms with Crippen molar-refractivity contribution in [2.24, 2.45) is 0 Å². The first kappa shape index (κ1) is 11.8. The van der Waals surface area contributed by atoms with Crippen molar-refractivity contribution in [2.45, 2.75) is 19.0 Å². The lowest BCUT2D eigenvalue weighted by Crippen LogP contribution is -2.37. The summed E-state index contributed by atoms with van der Waals surface area (Å²) in [5, 5.41) is 9.42. The standard InChI is InChI=1S/C8H9N3O5S/c1-5-2-6(3-9)10-4-7(5)11(8(10)12)16-17(13,14)15/h2,6-7H,4H2,1H3,(H,13,14,15)/t6-,7+/m0/s1. The molecule has 0 saturated carbocycles. The SMILES string of the molecule is CC1=C[C@@H](C#N)N2C[C@H]1N(OS(=O)(=O)O)C2=O. The first-order chi connectivity index (χ1) is 7.83. The quantitative estimate of drug-likeness (QED) is 0.537. The number of nitrogens with zero attached hydrogens (tertiary/aromatic N) is 3. The topological polar surface area (TPSA) is 111 Å². The molecule has 1 saturated heterocycles. The molecule has 0 aromatic heterocycles. The van der Waals surface area contributed by atoms with E-state index < -0.39 is 28.5 Å². The fraction of sp³-hybridized carbons (Fsp3) is 0.500. The van der Waals surface area contributed by atoms with Gasteiger partial charge in [0.1, 0.15) is 12.1 Å². The van der Waals surface area contributed by atoms with Gasteiger partial charge in [0.05, 0.1) is 12.6 Å². The third-order valence-corrected chi connectivity index (χ3v) is 3.02. The first-order valence-corrected chi connectivity index (χ1v) is 6.05. The Morgan fingerprint density at radius 2 is 2.29 bits per heavy atom. The van der Waals surface area contributed by atoms with E-state index in [0.29, 0.717) is 10.6 Å². The minimum Gasteiger partial charge on any atom is -0.301 e. The molecule has 1 fully saturated rings.